The molecule has 0 radical (unpaired) electrons. The smallest absolute Gasteiger partial charge is 0.407 e. The van der Waals surface area contributed by atoms with Gasteiger partial charge in [-0.05, 0) is 43.8 Å². The van der Waals surface area contributed by atoms with Gasteiger partial charge >= 0.3 is 6.09 Å². The summed E-state index contributed by atoms with van der Waals surface area (Å²) in [6, 6.07) is 0. The second kappa shape index (κ2) is 8.40. The molecule has 1 rings (SSSR count). The van der Waals surface area contributed by atoms with Crippen molar-refractivity contribution in [2.45, 2.75) is 71.0 Å². The molecular weight excluding hydrogens is 338 g/mol. The van der Waals surface area contributed by atoms with E-state index in [1.54, 1.807) is 0 Å². The second-order valence-corrected chi connectivity index (χ2v) is 13.4. The molecule has 0 saturated carbocycles. The predicted molar refractivity (Wildman–Crippen MR) is 102 cm³/mol. The van der Waals surface area contributed by atoms with Crippen LogP contribution in [0.3, 0.4) is 0 Å². The molecule has 146 valence electrons. The van der Waals surface area contributed by atoms with Gasteiger partial charge in [-0.2, -0.15) is 0 Å². The van der Waals surface area contributed by atoms with Crippen LogP contribution in [0.1, 0.15) is 52.9 Å². The zero-order valence-electron chi connectivity index (χ0n) is 16.3. The maximum atomic E-state index is 11.1. The summed E-state index contributed by atoms with van der Waals surface area (Å²) < 4.78 is 6.19. The van der Waals surface area contributed by atoms with Crippen molar-refractivity contribution in [1.29, 1.82) is 0 Å². The molecule has 0 aromatic heterocycles. The molecule has 1 heterocycles. The summed E-state index contributed by atoms with van der Waals surface area (Å²) in [5.74, 6) is 0.225. The van der Waals surface area contributed by atoms with Crippen molar-refractivity contribution in [3.05, 3.63) is 0 Å². The molecule has 0 aromatic rings. The Morgan fingerprint density at radius 3 is 2.28 bits per heavy atom. The van der Waals surface area contributed by atoms with Gasteiger partial charge in [0.2, 0.25) is 0 Å². The lowest BCUT2D eigenvalue weighted by molar-refractivity contribution is 0.108. The van der Waals surface area contributed by atoms with Crippen LogP contribution in [0.15, 0.2) is 5.16 Å². The fraction of sp³-hybridized carbons (Fsp3) is 0.882. The number of oxime groups is 1. The lowest BCUT2D eigenvalue weighted by Crippen LogP contribution is -2.48. The summed E-state index contributed by atoms with van der Waals surface area (Å²) in [7, 11) is -1.72. The number of rotatable bonds is 7. The maximum Gasteiger partial charge on any atom is 0.407 e. The number of hydrogen-bond donors (Lipinski definition) is 3. The van der Waals surface area contributed by atoms with Gasteiger partial charge in [0.05, 0.1) is 0 Å². The van der Waals surface area contributed by atoms with Gasteiger partial charge in [-0.1, -0.05) is 32.3 Å². The number of likely N-dealkylation sites (tertiary alicyclic amines) is 1. The summed E-state index contributed by atoms with van der Waals surface area (Å²) in [5, 5.41) is 21.7. The molecule has 1 saturated heterocycles. The highest BCUT2D eigenvalue weighted by Gasteiger charge is 2.40. The van der Waals surface area contributed by atoms with Gasteiger partial charge in [0.1, 0.15) is 5.84 Å². The van der Waals surface area contributed by atoms with Crippen LogP contribution in [0.5, 0.6) is 0 Å². The van der Waals surface area contributed by atoms with Gasteiger partial charge in [0.15, 0.2) is 8.32 Å². The van der Waals surface area contributed by atoms with E-state index in [0.717, 1.165) is 25.9 Å². The number of amidine groups is 1. The van der Waals surface area contributed by atoms with Crippen LogP contribution >= 0.6 is 0 Å². The van der Waals surface area contributed by atoms with Crippen LogP contribution in [0.2, 0.25) is 18.1 Å². The Hall–Kier alpha value is -1.28. The number of unbranched alkanes of at least 4 members (excludes halogenated alkanes) is 1. The largest absolute Gasteiger partial charge is 0.465 e. The number of nitrogens with zero attached hydrogens (tertiary/aromatic N) is 2. The van der Waals surface area contributed by atoms with E-state index in [1.807, 2.05) is 0 Å². The van der Waals surface area contributed by atoms with E-state index in [9.17, 15) is 4.79 Å². The first kappa shape index (κ1) is 21.8. The Labute approximate surface area is 152 Å². The van der Waals surface area contributed by atoms with Crippen LogP contribution in [-0.2, 0) is 4.43 Å². The molecule has 7 nitrogen and oxygen atoms in total. The standard InChI is InChI=1S/C17H35N3O4Si/c1-16(2,3)25(4,5)24-13-7-6-8-17(14(18)19-23)9-11-20(12-10-17)15(21)22/h23H,6-13H2,1-5H3,(H2,18,19)(H,21,22). The first-order chi connectivity index (χ1) is 11.5. The summed E-state index contributed by atoms with van der Waals surface area (Å²) in [5.41, 5.74) is 5.55. The SMILES string of the molecule is CC(C)(C)[Si](C)(C)OCCCCC1(C(N)=NO)CCN(C(=O)O)CC1. The highest BCUT2D eigenvalue weighted by atomic mass is 28.4. The van der Waals surface area contributed by atoms with Crippen molar-refractivity contribution >= 4 is 20.2 Å². The summed E-state index contributed by atoms with van der Waals surface area (Å²) >= 11 is 0. The van der Waals surface area contributed by atoms with Gasteiger partial charge in [-0.15, -0.1) is 0 Å². The molecule has 25 heavy (non-hydrogen) atoms. The lowest BCUT2D eigenvalue weighted by atomic mass is 9.73. The summed E-state index contributed by atoms with van der Waals surface area (Å²) in [6.45, 7) is 12.7. The van der Waals surface area contributed by atoms with Crippen LogP contribution in [0.25, 0.3) is 0 Å². The monoisotopic (exact) mass is 373 g/mol. The van der Waals surface area contributed by atoms with Crippen molar-refractivity contribution in [1.82, 2.24) is 4.90 Å². The third kappa shape index (κ3) is 5.60. The minimum absolute atomic E-state index is 0.200. The Morgan fingerprint density at radius 2 is 1.84 bits per heavy atom. The van der Waals surface area contributed by atoms with Gasteiger partial charge < -0.3 is 25.4 Å². The van der Waals surface area contributed by atoms with Gasteiger partial charge in [-0.25, -0.2) is 4.79 Å². The zero-order valence-corrected chi connectivity index (χ0v) is 17.3. The van der Waals surface area contributed by atoms with Crippen molar-refractivity contribution in [2.75, 3.05) is 19.7 Å². The lowest BCUT2D eigenvalue weighted by Gasteiger charge is -2.40. The molecule has 0 aromatic carbocycles. The number of amides is 1. The molecule has 0 aliphatic carbocycles. The minimum atomic E-state index is -1.72. The predicted octanol–water partition coefficient (Wildman–Crippen LogP) is 3.69. The Kier molecular flexibility index (Phi) is 7.31. The van der Waals surface area contributed by atoms with Gasteiger partial charge in [-0.3, -0.25) is 0 Å². The van der Waals surface area contributed by atoms with E-state index >= 15 is 0 Å². The van der Waals surface area contributed by atoms with E-state index < -0.39 is 19.8 Å². The average Bonchev–Trinajstić information content (AvgIpc) is 2.52. The van der Waals surface area contributed by atoms with Crippen LogP contribution in [0.4, 0.5) is 4.79 Å². The van der Waals surface area contributed by atoms with Crippen LogP contribution in [-0.4, -0.2) is 55.2 Å². The maximum absolute atomic E-state index is 11.1. The van der Waals surface area contributed by atoms with E-state index in [0.29, 0.717) is 25.9 Å². The molecule has 0 bridgehead atoms. The zero-order chi connectivity index (χ0) is 19.3. The Morgan fingerprint density at radius 1 is 1.28 bits per heavy atom. The quantitative estimate of drug-likeness (QED) is 0.157. The third-order valence-corrected chi connectivity index (χ3v) is 10.5. The molecule has 1 fully saturated rings. The molecule has 0 atom stereocenters. The van der Waals surface area contributed by atoms with Crippen molar-refractivity contribution < 1.29 is 19.5 Å². The van der Waals surface area contributed by atoms with E-state index in [2.05, 4.69) is 39.0 Å². The summed E-state index contributed by atoms with van der Waals surface area (Å²) in [4.78, 5) is 12.5. The van der Waals surface area contributed by atoms with Crippen molar-refractivity contribution in [2.24, 2.45) is 16.3 Å². The molecule has 0 unspecified atom stereocenters. The van der Waals surface area contributed by atoms with E-state index in [-0.39, 0.29) is 10.9 Å². The second-order valence-electron chi connectivity index (χ2n) is 8.60. The van der Waals surface area contributed by atoms with Crippen molar-refractivity contribution in [3.63, 3.8) is 0 Å². The molecule has 1 aliphatic rings. The Bertz CT molecular complexity index is 481. The molecule has 0 spiro atoms. The van der Waals surface area contributed by atoms with E-state index in [1.165, 1.54) is 4.90 Å². The fourth-order valence-corrected chi connectivity index (χ4v) is 4.06. The number of nitrogens with two attached hydrogens (primary N) is 1. The highest BCUT2D eigenvalue weighted by Crippen LogP contribution is 2.38. The highest BCUT2D eigenvalue weighted by molar-refractivity contribution is 6.74. The fourth-order valence-electron chi connectivity index (χ4n) is 2.98. The first-order valence-corrected chi connectivity index (χ1v) is 12.0. The van der Waals surface area contributed by atoms with Gasteiger partial charge in [0, 0.05) is 25.1 Å². The molecule has 1 aliphatic heterocycles. The number of hydrogen-bond acceptors (Lipinski definition) is 4. The van der Waals surface area contributed by atoms with Crippen LogP contribution < -0.4 is 5.73 Å². The summed E-state index contributed by atoms with van der Waals surface area (Å²) in [6.07, 6.45) is 2.91. The topological polar surface area (TPSA) is 108 Å². The number of carboxylic acid groups (broad SMARTS) is 1. The van der Waals surface area contributed by atoms with Crippen LogP contribution in [0, 0.1) is 5.41 Å². The molecule has 4 N–H and O–H groups in total. The first-order valence-electron chi connectivity index (χ1n) is 9.05. The number of piperidine rings is 1. The molecular formula is C17H35N3O4Si. The van der Waals surface area contributed by atoms with Crippen molar-refractivity contribution in [3.8, 4) is 0 Å². The van der Waals surface area contributed by atoms with Gasteiger partial charge in [0.25, 0.3) is 0 Å². The van der Waals surface area contributed by atoms with E-state index in [4.69, 9.17) is 20.5 Å². The Balaban J connectivity index is 2.52. The normalized spacial score (nSPS) is 19.1. The molecule has 8 heteroatoms. The minimum Gasteiger partial charge on any atom is -0.465 e. The average molecular weight is 374 g/mol. The number of carbonyl (C=O) groups is 1. The molecule has 1 amide bonds. The third-order valence-electron chi connectivity index (χ3n) is 5.96.